The summed E-state index contributed by atoms with van der Waals surface area (Å²) in [6.45, 7) is 2.42. The molecule has 2 saturated carbocycles. The topological polar surface area (TPSA) is 49.3 Å². The van der Waals surface area contributed by atoms with Gasteiger partial charge in [0.25, 0.3) is 0 Å². The Balaban J connectivity index is 1.69. The highest BCUT2D eigenvalue weighted by Gasteiger charge is 2.42. The monoisotopic (exact) mass is 225 g/mol. The molecule has 2 rings (SSSR count). The first kappa shape index (κ1) is 11.9. The van der Waals surface area contributed by atoms with Crippen molar-refractivity contribution in [3.63, 3.8) is 0 Å². The van der Waals surface area contributed by atoms with Crippen LogP contribution >= 0.6 is 0 Å². The molecule has 0 aliphatic heterocycles. The van der Waals surface area contributed by atoms with Crippen molar-refractivity contribution in [2.75, 3.05) is 6.61 Å². The predicted octanol–water partition coefficient (Wildman–Crippen LogP) is 1.70. The lowest BCUT2D eigenvalue weighted by Gasteiger charge is -2.28. The van der Waals surface area contributed by atoms with Crippen LogP contribution in [0.4, 0.5) is 0 Å². The Hall–Kier alpha value is -0.570. The fraction of sp³-hybridized carbons (Fsp3) is 0.923. The third kappa shape index (κ3) is 2.76. The van der Waals surface area contributed by atoms with E-state index in [1.54, 1.807) is 0 Å². The van der Waals surface area contributed by atoms with Crippen LogP contribution in [0.1, 0.15) is 45.4 Å². The highest BCUT2D eigenvalue weighted by Crippen LogP contribution is 2.38. The third-order valence-corrected chi connectivity index (χ3v) is 4.26. The number of aliphatic hydroxyl groups is 1. The van der Waals surface area contributed by atoms with E-state index in [0.717, 1.165) is 25.2 Å². The van der Waals surface area contributed by atoms with E-state index in [1.807, 2.05) is 0 Å². The molecular weight excluding hydrogens is 202 g/mol. The van der Waals surface area contributed by atoms with Gasteiger partial charge in [0.1, 0.15) is 0 Å². The number of carbonyl (C=O) groups is 1. The summed E-state index contributed by atoms with van der Waals surface area (Å²) in [5.74, 6) is 1.40. The first-order valence-corrected chi connectivity index (χ1v) is 6.65. The van der Waals surface area contributed by atoms with E-state index in [1.165, 1.54) is 19.3 Å². The Kier molecular flexibility index (Phi) is 3.85. The number of hydrogen-bond donors (Lipinski definition) is 2. The smallest absolute Gasteiger partial charge is 0.223 e. The Morgan fingerprint density at radius 3 is 2.50 bits per heavy atom. The molecule has 3 nitrogen and oxygen atoms in total. The van der Waals surface area contributed by atoms with Crippen LogP contribution < -0.4 is 5.32 Å². The summed E-state index contributed by atoms with van der Waals surface area (Å²) in [6.07, 6.45) is 6.95. The molecule has 2 aliphatic carbocycles. The Morgan fingerprint density at radius 2 is 2.00 bits per heavy atom. The quantitative estimate of drug-likeness (QED) is 0.765. The van der Waals surface area contributed by atoms with E-state index in [-0.39, 0.29) is 24.3 Å². The summed E-state index contributed by atoms with van der Waals surface area (Å²) in [7, 11) is 0. The van der Waals surface area contributed by atoms with Gasteiger partial charge in [-0.1, -0.05) is 13.3 Å². The molecule has 1 amide bonds. The second kappa shape index (κ2) is 5.17. The summed E-state index contributed by atoms with van der Waals surface area (Å²) in [4.78, 5) is 11.8. The minimum absolute atomic E-state index is 0.105. The summed E-state index contributed by atoms with van der Waals surface area (Å²) in [5.41, 5.74) is 0. The molecule has 2 atom stereocenters. The van der Waals surface area contributed by atoms with E-state index in [4.69, 9.17) is 5.11 Å². The average Bonchev–Trinajstić information content (AvgIpc) is 3.09. The Bertz CT molecular complexity index is 246. The van der Waals surface area contributed by atoms with Crippen molar-refractivity contribution in [3.05, 3.63) is 0 Å². The Labute approximate surface area is 97.6 Å². The van der Waals surface area contributed by atoms with Crippen molar-refractivity contribution >= 4 is 5.91 Å². The average molecular weight is 225 g/mol. The summed E-state index contributed by atoms with van der Waals surface area (Å²) < 4.78 is 0. The zero-order valence-electron chi connectivity index (χ0n) is 10.1. The standard InChI is InChI=1S/C13H23NO2/c1-2-9-3-5-11(6-4-9)14-13(16)12-7-10(12)8-15/h9-12,15H,2-8H2,1H3,(H,14,16)/t9?,10-,11?,12+/m1/s1. The molecule has 0 saturated heterocycles. The van der Waals surface area contributed by atoms with Gasteiger partial charge in [-0.15, -0.1) is 0 Å². The van der Waals surface area contributed by atoms with Crippen molar-refractivity contribution in [1.29, 1.82) is 0 Å². The van der Waals surface area contributed by atoms with E-state index in [9.17, 15) is 4.79 Å². The first-order valence-electron chi connectivity index (χ1n) is 6.65. The molecule has 0 aromatic carbocycles. The van der Waals surface area contributed by atoms with Gasteiger partial charge >= 0.3 is 0 Å². The molecule has 0 unspecified atom stereocenters. The van der Waals surface area contributed by atoms with E-state index in [0.29, 0.717) is 6.04 Å². The maximum atomic E-state index is 11.8. The molecule has 0 aromatic rings. The third-order valence-electron chi connectivity index (χ3n) is 4.26. The molecule has 0 aromatic heterocycles. The summed E-state index contributed by atoms with van der Waals surface area (Å²) >= 11 is 0. The van der Waals surface area contributed by atoms with Crippen LogP contribution in [0.2, 0.25) is 0 Å². The van der Waals surface area contributed by atoms with Gasteiger partial charge in [0.05, 0.1) is 0 Å². The zero-order valence-corrected chi connectivity index (χ0v) is 10.1. The van der Waals surface area contributed by atoms with E-state index in [2.05, 4.69) is 12.2 Å². The molecule has 3 heteroatoms. The van der Waals surface area contributed by atoms with Gasteiger partial charge < -0.3 is 10.4 Å². The molecule has 0 heterocycles. The van der Waals surface area contributed by atoms with Crippen molar-refractivity contribution in [2.45, 2.75) is 51.5 Å². The summed E-state index contributed by atoms with van der Waals surface area (Å²) in [6, 6.07) is 0.398. The molecular formula is C13H23NO2. The van der Waals surface area contributed by atoms with E-state index >= 15 is 0 Å². The largest absolute Gasteiger partial charge is 0.396 e. The van der Waals surface area contributed by atoms with Gasteiger partial charge in [0.15, 0.2) is 0 Å². The van der Waals surface area contributed by atoms with Crippen LogP contribution in [0.25, 0.3) is 0 Å². The maximum absolute atomic E-state index is 11.8. The normalized spacial score (nSPS) is 38.1. The van der Waals surface area contributed by atoms with Crippen molar-refractivity contribution in [1.82, 2.24) is 5.32 Å². The van der Waals surface area contributed by atoms with Gasteiger partial charge in [0, 0.05) is 18.6 Å². The lowest BCUT2D eigenvalue weighted by atomic mass is 9.84. The number of nitrogens with one attached hydrogen (secondary N) is 1. The minimum Gasteiger partial charge on any atom is -0.396 e. The molecule has 2 fully saturated rings. The molecule has 0 spiro atoms. The van der Waals surface area contributed by atoms with Crippen molar-refractivity contribution in [2.24, 2.45) is 17.8 Å². The Morgan fingerprint density at radius 1 is 1.31 bits per heavy atom. The first-order chi connectivity index (χ1) is 7.74. The van der Waals surface area contributed by atoms with Crippen molar-refractivity contribution in [3.8, 4) is 0 Å². The minimum atomic E-state index is 0.105. The molecule has 2 aliphatic rings. The lowest BCUT2D eigenvalue weighted by molar-refractivity contribution is -0.123. The molecule has 92 valence electrons. The van der Waals surface area contributed by atoms with Crippen LogP contribution in [-0.4, -0.2) is 23.7 Å². The van der Waals surface area contributed by atoms with Gasteiger partial charge in [-0.05, 0) is 43.9 Å². The van der Waals surface area contributed by atoms with E-state index < -0.39 is 0 Å². The number of carbonyl (C=O) groups excluding carboxylic acids is 1. The van der Waals surface area contributed by atoms with Gasteiger partial charge in [-0.2, -0.15) is 0 Å². The zero-order chi connectivity index (χ0) is 11.5. The predicted molar refractivity (Wildman–Crippen MR) is 62.9 cm³/mol. The number of aliphatic hydroxyl groups excluding tert-OH is 1. The highest BCUT2D eigenvalue weighted by atomic mass is 16.3. The number of hydrogen-bond acceptors (Lipinski definition) is 2. The van der Waals surface area contributed by atoms with Gasteiger partial charge in [0.2, 0.25) is 5.91 Å². The van der Waals surface area contributed by atoms with Crippen LogP contribution in [0, 0.1) is 17.8 Å². The second-order valence-electron chi connectivity index (χ2n) is 5.42. The van der Waals surface area contributed by atoms with Crippen LogP contribution in [-0.2, 0) is 4.79 Å². The fourth-order valence-electron chi connectivity index (χ4n) is 2.79. The van der Waals surface area contributed by atoms with Gasteiger partial charge in [-0.3, -0.25) is 4.79 Å². The summed E-state index contributed by atoms with van der Waals surface area (Å²) in [5, 5.41) is 12.1. The van der Waals surface area contributed by atoms with Gasteiger partial charge in [-0.25, -0.2) is 0 Å². The molecule has 0 radical (unpaired) electrons. The number of rotatable bonds is 4. The van der Waals surface area contributed by atoms with Crippen LogP contribution in [0.3, 0.4) is 0 Å². The second-order valence-corrected chi connectivity index (χ2v) is 5.42. The lowest BCUT2D eigenvalue weighted by Crippen LogP contribution is -2.38. The maximum Gasteiger partial charge on any atom is 0.223 e. The molecule has 2 N–H and O–H groups in total. The van der Waals surface area contributed by atoms with Crippen LogP contribution in [0.5, 0.6) is 0 Å². The number of amides is 1. The van der Waals surface area contributed by atoms with Crippen molar-refractivity contribution < 1.29 is 9.90 Å². The SMILES string of the molecule is CCC1CCC(NC(=O)[C@H]2C[C@@H]2CO)CC1. The highest BCUT2D eigenvalue weighted by molar-refractivity contribution is 5.81. The fourth-order valence-corrected chi connectivity index (χ4v) is 2.79. The molecule has 0 bridgehead atoms. The molecule has 16 heavy (non-hydrogen) atoms. The van der Waals surface area contributed by atoms with Crippen LogP contribution in [0.15, 0.2) is 0 Å².